The van der Waals surface area contributed by atoms with Gasteiger partial charge in [0.2, 0.25) is 0 Å². The number of thiophene rings is 1. The van der Waals surface area contributed by atoms with Gasteiger partial charge in [-0.1, -0.05) is 44.2 Å². The van der Waals surface area contributed by atoms with Crippen LogP contribution in [0.25, 0.3) is 0 Å². The van der Waals surface area contributed by atoms with Crippen LogP contribution in [0.3, 0.4) is 0 Å². The summed E-state index contributed by atoms with van der Waals surface area (Å²) in [6.45, 7) is 6.72. The molecule has 0 bridgehead atoms. The number of nitrogens with one attached hydrogen (secondary N) is 1. The highest BCUT2D eigenvalue weighted by Crippen LogP contribution is 2.22. The van der Waals surface area contributed by atoms with Crippen LogP contribution in [0, 0.1) is 5.92 Å². The first-order valence-corrected chi connectivity index (χ1v) is 8.96. The summed E-state index contributed by atoms with van der Waals surface area (Å²) in [5.41, 5.74) is 2.96. The molecular formula is C19H27NS. The maximum atomic E-state index is 3.63. The number of hydrogen-bond acceptors (Lipinski definition) is 2. The van der Waals surface area contributed by atoms with Gasteiger partial charge in [-0.15, -0.1) is 0 Å². The van der Waals surface area contributed by atoms with Crippen molar-refractivity contribution in [2.24, 2.45) is 5.92 Å². The van der Waals surface area contributed by atoms with Crippen molar-refractivity contribution in [1.82, 2.24) is 5.32 Å². The predicted molar refractivity (Wildman–Crippen MR) is 94.1 cm³/mol. The summed E-state index contributed by atoms with van der Waals surface area (Å²) in [7, 11) is 0. The Labute approximate surface area is 133 Å². The van der Waals surface area contributed by atoms with E-state index in [0.29, 0.717) is 11.8 Å². The van der Waals surface area contributed by atoms with Crippen molar-refractivity contribution in [3.05, 3.63) is 58.3 Å². The van der Waals surface area contributed by atoms with Gasteiger partial charge in [0.1, 0.15) is 0 Å². The van der Waals surface area contributed by atoms with Gasteiger partial charge >= 0.3 is 0 Å². The van der Waals surface area contributed by atoms with E-state index in [1.54, 1.807) is 11.3 Å². The molecule has 1 N–H and O–H groups in total. The Hall–Kier alpha value is -1.12. The Morgan fingerprint density at radius 3 is 2.52 bits per heavy atom. The van der Waals surface area contributed by atoms with Gasteiger partial charge in [0.15, 0.2) is 0 Å². The molecule has 2 rings (SSSR count). The zero-order chi connectivity index (χ0) is 14.9. The molecule has 1 aromatic heterocycles. The molecular weight excluding hydrogens is 274 g/mol. The number of benzene rings is 1. The summed E-state index contributed by atoms with van der Waals surface area (Å²) in [6, 6.07) is 13.2. The molecule has 2 aromatic rings. The topological polar surface area (TPSA) is 12.0 Å². The monoisotopic (exact) mass is 301 g/mol. The lowest BCUT2D eigenvalue weighted by Crippen LogP contribution is -2.25. The fraction of sp³-hybridized carbons (Fsp3) is 0.474. The van der Waals surface area contributed by atoms with E-state index in [2.05, 4.69) is 66.3 Å². The van der Waals surface area contributed by atoms with Gasteiger partial charge in [0.05, 0.1) is 0 Å². The molecule has 1 atom stereocenters. The molecule has 1 unspecified atom stereocenters. The van der Waals surface area contributed by atoms with Gasteiger partial charge in [-0.2, -0.15) is 11.3 Å². The minimum Gasteiger partial charge on any atom is -0.316 e. The molecule has 21 heavy (non-hydrogen) atoms. The Morgan fingerprint density at radius 1 is 1.05 bits per heavy atom. The summed E-state index contributed by atoms with van der Waals surface area (Å²) in [4.78, 5) is 0. The van der Waals surface area contributed by atoms with Gasteiger partial charge in [0.25, 0.3) is 0 Å². The Bertz CT molecular complexity index is 476. The first-order valence-electron chi connectivity index (χ1n) is 8.02. The third-order valence-electron chi connectivity index (χ3n) is 3.81. The lowest BCUT2D eigenvalue weighted by molar-refractivity contribution is 0.492. The second-order valence-electron chi connectivity index (χ2n) is 6.18. The first-order chi connectivity index (χ1) is 10.3. The second kappa shape index (κ2) is 9.01. The van der Waals surface area contributed by atoms with E-state index in [4.69, 9.17) is 0 Å². The van der Waals surface area contributed by atoms with Crippen molar-refractivity contribution >= 4 is 11.3 Å². The fourth-order valence-corrected chi connectivity index (χ4v) is 3.35. The van der Waals surface area contributed by atoms with Crippen molar-refractivity contribution in [3.63, 3.8) is 0 Å². The molecule has 114 valence electrons. The molecule has 0 fully saturated rings. The van der Waals surface area contributed by atoms with Gasteiger partial charge < -0.3 is 5.32 Å². The largest absolute Gasteiger partial charge is 0.316 e. The molecule has 1 nitrogen and oxygen atoms in total. The molecule has 0 spiro atoms. The summed E-state index contributed by atoms with van der Waals surface area (Å²) in [6.07, 6.45) is 3.72. The van der Waals surface area contributed by atoms with Crippen LogP contribution in [-0.4, -0.2) is 13.1 Å². The molecule has 1 aromatic carbocycles. The van der Waals surface area contributed by atoms with E-state index in [1.165, 1.54) is 30.4 Å². The van der Waals surface area contributed by atoms with Crippen LogP contribution in [-0.2, 0) is 6.42 Å². The summed E-state index contributed by atoms with van der Waals surface area (Å²) < 4.78 is 0. The normalized spacial score (nSPS) is 12.7. The highest BCUT2D eigenvalue weighted by molar-refractivity contribution is 7.07. The molecule has 0 saturated carbocycles. The molecule has 0 aliphatic heterocycles. The quantitative estimate of drug-likeness (QED) is 0.679. The van der Waals surface area contributed by atoms with Crippen molar-refractivity contribution in [2.45, 2.75) is 39.0 Å². The van der Waals surface area contributed by atoms with E-state index < -0.39 is 0 Å². The van der Waals surface area contributed by atoms with Crippen LogP contribution in [0.4, 0.5) is 0 Å². The highest BCUT2D eigenvalue weighted by Gasteiger charge is 2.11. The number of aryl methyl sites for hydroxylation is 1. The van der Waals surface area contributed by atoms with Crippen LogP contribution in [0.5, 0.6) is 0 Å². The summed E-state index contributed by atoms with van der Waals surface area (Å²) in [5.74, 6) is 1.34. The molecule has 0 aliphatic carbocycles. The van der Waals surface area contributed by atoms with Crippen LogP contribution >= 0.6 is 11.3 Å². The highest BCUT2D eigenvalue weighted by atomic mass is 32.1. The fourth-order valence-electron chi connectivity index (χ4n) is 2.65. The first kappa shape index (κ1) is 16.3. The maximum Gasteiger partial charge on any atom is 0.00202 e. The summed E-state index contributed by atoms with van der Waals surface area (Å²) >= 11 is 1.80. The van der Waals surface area contributed by atoms with Crippen molar-refractivity contribution in [1.29, 1.82) is 0 Å². The van der Waals surface area contributed by atoms with E-state index in [0.717, 1.165) is 13.1 Å². The zero-order valence-corrected chi connectivity index (χ0v) is 14.0. The Morgan fingerprint density at radius 2 is 1.86 bits per heavy atom. The molecule has 0 aliphatic rings. The minimum absolute atomic E-state index is 0.628. The second-order valence-corrected chi connectivity index (χ2v) is 6.96. The van der Waals surface area contributed by atoms with Gasteiger partial charge in [-0.3, -0.25) is 0 Å². The molecule has 2 heteroatoms. The van der Waals surface area contributed by atoms with E-state index in [1.807, 2.05) is 0 Å². The average molecular weight is 301 g/mol. The maximum absolute atomic E-state index is 3.63. The van der Waals surface area contributed by atoms with Gasteiger partial charge in [-0.05, 0) is 65.6 Å². The van der Waals surface area contributed by atoms with Crippen molar-refractivity contribution < 1.29 is 0 Å². The molecule has 0 amide bonds. The zero-order valence-electron chi connectivity index (χ0n) is 13.2. The Kier molecular flexibility index (Phi) is 6.98. The SMILES string of the molecule is CC(C)CNCC(CCCc1ccsc1)c1ccccc1. The van der Waals surface area contributed by atoms with Crippen molar-refractivity contribution in [2.75, 3.05) is 13.1 Å². The lowest BCUT2D eigenvalue weighted by atomic mass is 9.92. The van der Waals surface area contributed by atoms with Crippen LogP contribution < -0.4 is 5.32 Å². The van der Waals surface area contributed by atoms with Crippen LogP contribution in [0.2, 0.25) is 0 Å². The van der Waals surface area contributed by atoms with Crippen molar-refractivity contribution in [3.8, 4) is 0 Å². The standard InChI is InChI=1S/C19H27NS/c1-16(2)13-20-14-19(18-8-4-3-5-9-18)10-6-7-17-11-12-21-15-17/h3-5,8-9,11-12,15-16,19-20H,6-7,10,13-14H2,1-2H3. The minimum atomic E-state index is 0.628. The number of hydrogen-bond donors (Lipinski definition) is 1. The van der Waals surface area contributed by atoms with Crippen LogP contribution in [0.15, 0.2) is 47.2 Å². The summed E-state index contributed by atoms with van der Waals surface area (Å²) in [5, 5.41) is 8.08. The van der Waals surface area contributed by atoms with E-state index >= 15 is 0 Å². The Balaban J connectivity index is 1.85. The lowest BCUT2D eigenvalue weighted by Gasteiger charge is -2.19. The van der Waals surface area contributed by atoms with E-state index in [-0.39, 0.29) is 0 Å². The van der Waals surface area contributed by atoms with Gasteiger partial charge in [0, 0.05) is 6.54 Å². The van der Waals surface area contributed by atoms with Crippen LogP contribution in [0.1, 0.15) is 43.7 Å². The smallest absolute Gasteiger partial charge is 0.00202 e. The average Bonchev–Trinajstić information content (AvgIpc) is 2.99. The molecule has 1 heterocycles. The number of rotatable bonds is 9. The third-order valence-corrected chi connectivity index (χ3v) is 4.54. The third kappa shape index (κ3) is 6.03. The predicted octanol–water partition coefficient (Wildman–Crippen LogP) is 5.10. The van der Waals surface area contributed by atoms with Gasteiger partial charge in [-0.25, -0.2) is 0 Å². The van der Waals surface area contributed by atoms with E-state index in [9.17, 15) is 0 Å². The molecule has 0 saturated heterocycles. The molecule has 0 radical (unpaired) electrons.